The van der Waals surface area contributed by atoms with Crippen molar-refractivity contribution in [3.05, 3.63) is 33.8 Å². The minimum Gasteiger partial charge on any atom is -0.375 e. The van der Waals surface area contributed by atoms with Crippen molar-refractivity contribution in [2.45, 2.75) is 25.5 Å². The highest BCUT2D eigenvalue weighted by atomic mass is 35.5. The summed E-state index contributed by atoms with van der Waals surface area (Å²) in [6.45, 7) is 3.90. The lowest BCUT2D eigenvalue weighted by atomic mass is 10.0. The Kier molecular flexibility index (Phi) is 6.30. The molecule has 106 valence electrons. The Hall–Kier alpha value is 0.0700. The van der Waals surface area contributed by atoms with E-state index in [0.717, 1.165) is 36.6 Å². The zero-order chi connectivity index (χ0) is 13.7. The fourth-order valence-electron chi connectivity index (χ4n) is 2.20. The van der Waals surface area contributed by atoms with Gasteiger partial charge in [0.1, 0.15) is 0 Å². The van der Waals surface area contributed by atoms with Gasteiger partial charge in [-0.15, -0.1) is 0 Å². The van der Waals surface area contributed by atoms with Crippen molar-refractivity contribution in [3.63, 3.8) is 0 Å². The summed E-state index contributed by atoms with van der Waals surface area (Å²) in [6, 6.07) is 5.91. The predicted octanol–water partition coefficient (Wildman–Crippen LogP) is 4.17. The molecule has 0 aliphatic carbocycles. The van der Waals surface area contributed by atoms with Crippen molar-refractivity contribution in [1.82, 2.24) is 5.32 Å². The maximum absolute atomic E-state index is 6.35. The van der Waals surface area contributed by atoms with E-state index in [1.165, 1.54) is 0 Å². The third-order valence-corrected chi connectivity index (χ3v) is 5.00. The summed E-state index contributed by atoms with van der Waals surface area (Å²) in [5, 5.41) is 4.78. The number of thioether (sulfide) groups is 1. The molecule has 0 bridgehead atoms. The van der Waals surface area contributed by atoms with Crippen LogP contribution in [0.15, 0.2) is 18.2 Å². The highest BCUT2D eigenvalue weighted by molar-refractivity contribution is 7.99. The molecule has 2 unspecified atom stereocenters. The molecule has 19 heavy (non-hydrogen) atoms. The van der Waals surface area contributed by atoms with Gasteiger partial charge in [-0.3, -0.25) is 0 Å². The summed E-state index contributed by atoms with van der Waals surface area (Å²) in [6.07, 6.45) is 1.23. The lowest BCUT2D eigenvalue weighted by Crippen LogP contribution is -2.38. The third kappa shape index (κ3) is 4.02. The quantitative estimate of drug-likeness (QED) is 0.880. The lowest BCUT2D eigenvalue weighted by molar-refractivity contribution is 0.0468. The number of ether oxygens (including phenoxy) is 1. The highest BCUT2D eigenvalue weighted by Crippen LogP contribution is 2.34. The number of hydrogen-bond donors (Lipinski definition) is 1. The van der Waals surface area contributed by atoms with Gasteiger partial charge in [0.2, 0.25) is 0 Å². The van der Waals surface area contributed by atoms with Crippen LogP contribution in [-0.2, 0) is 4.74 Å². The molecule has 0 spiro atoms. The Labute approximate surface area is 129 Å². The van der Waals surface area contributed by atoms with Gasteiger partial charge in [0.05, 0.1) is 28.8 Å². The first kappa shape index (κ1) is 15.5. The maximum Gasteiger partial charge on any atom is 0.0860 e. The molecular formula is C14H19Cl2NOS. The average Bonchev–Trinajstić information content (AvgIpc) is 2.45. The summed E-state index contributed by atoms with van der Waals surface area (Å²) < 4.78 is 5.90. The molecule has 2 nitrogen and oxygen atoms in total. The first-order valence-corrected chi connectivity index (χ1v) is 8.51. The third-order valence-electron chi connectivity index (χ3n) is 3.14. The maximum atomic E-state index is 6.35. The summed E-state index contributed by atoms with van der Waals surface area (Å²) in [4.78, 5) is 0. The Balaban J connectivity index is 2.22. The van der Waals surface area contributed by atoms with E-state index in [9.17, 15) is 0 Å². The fourth-order valence-corrected chi connectivity index (χ4v) is 3.53. The van der Waals surface area contributed by atoms with E-state index < -0.39 is 0 Å². The zero-order valence-corrected chi connectivity index (χ0v) is 13.3. The Morgan fingerprint density at radius 3 is 3.00 bits per heavy atom. The van der Waals surface area contributed by atoms with E-state index in [2.05, 4.69) is 12.2 Å². The first-order chi connectivity index (χ1) is 9.24. The second-order valence-electron chi connectivity index (χ2n) is 4.56. The van der Waals surface area contributed by atoms with E-state index in [4.69, 9.17) is 27.9 Å². The molecule has 2 atom stereocenters. The van der Waals surface area contributed by atoms with Crippen molar-refractivity contribution >= 4 is 35.0 Å². The Bertz CT molecular complexity index is 410. The van der Waals surface area contributed by atoms with Crippen molar-refractivity contribution in [2.24, 2.45) is 0 Å². The molecule has 1 aromatic carbocycles. The normalized spacial score (nSPS) is 21.3. The smallest absolute Gasteiger partial charge is 0.0860 e. The zero-order valence-electron chi connectivity index (χ0n) is 11.0. The molecule has 0 radical (unpaired) electrons. The average molecular weight is 320 g/mol. The van der Waals surface area contributed by atoms with Gasteiger partial charge in [-0.1, -0.05) is 42.3 Å². The molecule has 1 heterocycles. The van der Waals surface area contributed by atoms with Gasteiger partial charge < -0.3 is 10.1 Å². The summed E-state index contributed by atoms with van der Waals surface area (Å²) in [5.74, 6) is 2.06. The van der Waals surface area contributed by atoms with Crippen LogP contribution in [0.4, 0.5) is 0 Å². The number of hydrogen-bond acceptors (Lipinski definition) is 3. The summed E-state index contributed by atoms with van der Waals surface area (Å²) in [5.41, 5.74) is 1.04. The SMILES string of the molecule is CCCNC(c1cccc(Cl)c1Cl)C1CSCCO1. The fraction of sp³-hybridized carbons (Fsp3) is 0.571. The van der Waals surface area contributed by atoms with Crippen LogP contribution in [0.3, 0.4) is 0 Å². The van der Waals surface area contributed by atoms with Gasteiger partial charge in [-0.25, -0.2) is 0 Å². The number of nitrogens with one attached hydrogen (secondary N) is 1. The molecule has 1 aromatic rings. The van der Waals surface area contributed by atoms with Gasteiger partial charge in [-0.05, 0) is 24.6 Å². The van der Waals surface area contributed by atoms with Crippen LogP contribution >= 0.6 is 35.0 Å². The first-order valence-electron chi connectivity index (χ1n) is 6.60. The second kappa shape index (κ2) is 7.75. The van der Waals surface area contributed by atoms with Crippen LogP contribution in [-0.4, -0.2) is 30.8 Å². The van der Waals surface area contributed by atoms with Crippen LogP contribution in [0.5, 0.6) is 0 Å². The van der Waals surface area contributed by atoms with E-state index in [0.29, 0.717) is 10.0 Å². The minimum atomic E-state index is 0.110. The Morgan fingerprint density at radius 2 is 2.32 bits per heavy atom. The summed E-state index contributed by atoms with van der Waals surface area (Å²) >= 11 is 14.4. The number of rotatable bonds is 5. The lowest BCUT2D eigenvalue weighted by Gasteiger charge is -2.32. The van der Waals surface area contributed by atoms with E-state index in [1.807, 2.05) is 30.0 Å². The molecule has 1 fully saturated rings. The van der Waals surface area contributed by atoms with Crippen molar-refractivity contribution in [3.8, 4) is 0 Å². The van der Waals surface area contributed by atoms with Crippen LogP contribution < -0.4 is 5.32 Å². The standard InChI is InChI=1S/C14H19Cl2NOS/c1-2-6-17-14(12-9-19-8-7-18-12)10-4-3-5-11(15)13(10)16/h3-5,12,14,17H,2,6-9H2,1H3. The molecule has 0 amide bonds. The van der Waals surface area contributed by atoms with Crippen LogP contribution in [0.25, 0.3) is 0 Å². The van der Waals surface area contributed by atoms with E-state index in [-0.39, 0.29) is 12.1 Å². The topological polar surface area (TPSA) is 21.3 Å². The molecule has 0 aromatic heterocycles. The van der Waals surface area contributed by atoms with Crippen LogP contribution in [0.2, 0.25) is 10.0 Å². The van der Waals surface area contributed by atoms with Gasteiger partial charge >= 0.3 is 0 Å². The molecule has 1 aliphatic heterocycles. The summed E-state index contributed by atoms with van der Waals surface area (Å²) in [7, 11) is 0. The Morgan fingerprint density at radius 1 is 1.47 bits per heavy atom. The molecular weight excluding hydrogens is 301 g/mol. The largest absolute Gasteiger partial charge is 0.375 e. The number of halogens is 2. The van der Waals surface area contributed by atoms with Gasteiger partial charge in [0.15, 0.2) is 0 Å². The van der Waals surface area contributed by atoms with Crippen LogP contribution in [0.1, 0.15) is 24.9 Å². The number of benzene rings is 1. The monoisotopic (exact) mass is 319 g/mol. The van der Waals surface area contributed by atoms with Crippen LogP contribution in [0, 0.1) is 0 Å². The van der Waals surface area contributed by atoms with Gasteiger partial charge in [0.25, 0.3) is 0 Å². The molecule has 2 rings (SSSR count). The molecule has 5 heteroatoms. The van der Waals surface area contributed by atoms with Gasteiger partial charge in [0, 0.05) is 11.5 Å². The molecule has 0 saturated carbocycles. The van der Waals surface area contributed by atoms with Crippen molar-refractivity contribution < 1.29 is 4.74 Å². The van der Waals surface area contributed by atoms with E-state index >= 15 is 0 Å². The van der Waals surface area contributed by atoms with Crippen molar-refractivity contribution in [1.29, 1.82) is 0 Å². The second-order valence-corrected chi connectivity index (χ2v) is 6.49. The van der Waals surface area contributed by atoms with Gasteiger partial charge in [-0.2, -0.15) is 11.8 Å². The molecule has 1 saturated heterocycles. The minimum absolute atomic E-state index is 0.110. The van der Waals surface area contributed by atoms with Crippen molar-refractivity contribution in [2.75, 3.05) is 24.7 Å². The van der Waals surface area contributed by atoms with E-state index in [1.54, 1.807) is 0 Å². The predicted molar refractivity (Wildman–Crippen MR) is 84.6 cm³/mol. The highest BCUT2D eigenvalue weighted by Gasteiger charge is 2.27. The molecule has 1 N–H and O–H groups in total. The molecule has 1 aliphatic rings.